The Balaban J connectivity index is 0.000000222. The van der Waals surface area contributed by atoms with Gasteiger partial charge in [0.15, 0.2) is 0 Å². The Morgan fingerprint density at radius 2 is 2.25 bits per heavy atom. The summed E-state index contributed by atoms with van der Waals surface area (Å²) in [7, 11) is 0. The van der Waals surface area contributed by atoms with Crippen LogP contribution in [0, 0.1) is 6.92 Å². The largest absolute Gasteiger partial charge is 0.285 e. The molecular formula is C6H10N2. The number of hydrogen-bond acceptors (Lipinski definition) is 1. The lowest BCUT2D eigenvalue weighted by atomic mass is 10.4. The van der Waals surface area contributed by atoms with E-state index in [2.05, 4.69) is 23.4 Å². The van der Waals surface area contributed by atoms with Gasteiger partial charge in [0.1, 0.15) is 0 Å². The van der Waals surface area contributed by atoms with E-state index in [4.69, 9.17) is 0 Å². The first-order chi connectivity index (χ1) is 3.89. The van der Waals surface area contributed by atoms with Crippen molar-refractivity contribution in [1.29, 1.82) is 0 Å². The van der Waals surface area contributed by atoms with Crippen molar-refractivity contribution in [2.45, 2.75) is 6.92 Å². The van der Waals surface area contributed by atoms with Crippen molar-refractivity contribution < 1.29 is 0 Å². The van der Waals surface area contributed by atoms with Gasteiger partial charge in [-0.2, -0.15) is 5.10 Å². The molecule has 1 aromatic rings. The molecule has 0 amide bonds. The summed E-state index contributed by atoms with van der Waals surface area (Å²) in [5.41, 5.74) is 1.18. The third-order valence-corrected chi connectivity index (χ3v) is 0.635. The molecule has 0 unspecified atom stereocenters. The molecule has 1 rings (SSSR count). The summed E-state index contributed by atoms with van der Waals surface area (Å²) < 4.78 is 0. The average Bonchev–Trinajstić information content (AvgIpc) is 2.24. The van der Waals surface area contributed by atoms with Crippen molar-refractivity contribution in [1.82, 2.24) is 10.2 Å². The van der Waals surface area contributed by atoms with E-state index < -0.39 is 0 Å². The first kappa shape index (κ1) is 6.95. The van der Waals surface area contributed by atoms with Crippen LogP contribution in [0.25, 0.3) is 0 Å². The molecule has 2 nitrogen and oxygen atoms in total. The number of hydrogen-bond donors (Lipinski definition) is 1. The Kier molecular flexibility index (Phi) is 3.58. The molecule has 44 valence electrons. The second kappa shape index (κ2) is 4.12. The molecule has 0 aromatic carbocycles. The summed E-state index contributed by atoms with van der Waals surface area (Å²) in [6.45, 7) is 7.99. The second-order valence-electron chi connectivity index (χ2n) is 1.28. The van der Waals surface area contributed by atoms with Crippen molar-refractivity contribution in [3.05, 3.63) is 31.1 Å². The summed E-state index contributed by atoms with van der Waals surface area (Å²) in [5, 5.41) is 6.38. The highest BCUT2D eigenvalue weighted by Crippen LogP contribution is 1.84. The highest BCUT2D eigenvalue weighted by molar-refractivity contribution is 4.96. The molecule has 0 aliphatic carbocycles. The Labute approximate surface area is 49.2 Å². The van der Waals surface area contributed by atoms with Crippen LogP contribution in [0.2, 0.25) is 0 Å². The Morgan fingerprint density at radius 1 is 1.62 bits per heavy atom. The zero-order valence-corrected chi connectivity index (χ0v) is 5.02. The molecule has 2 heteroatoms. The van der Waals surface area contributed by atoms with Crippen LogP contribution in [0.3, 0.4) is 0 Å². The maximum atomic E-state index is 3.70. The van der Waals surface area contributed by atoms with Crippen LogP contribution in [0.15, 0.2) is 25.6 Å². The summed E-state index contributed by atoms with van der Waals surface area (Å²) in [6, 6.07) is 0. The minimum absolute atomic E-state index is 1.18. The second-order valence-corrected chi connectivity index (χ2v) is 1.28. The Hall–Kier alpha value is -1.05. The van der Waals surface area contributed by atoms with Gasteiger partial charge in [0.25, 0.3) is 0 Å². The van der Waals surface area contributed by atoms with Gasteiger partial charge in [-0.25, -0.2) is 0 Å². The van der Waals surface area contributed by atoms with Gasteiger partial charge in [-0.05, 0) is 12.5 Å². The summed E-state index contributed by atoms with van der Waals surface area (Å²) in [4.78, 5) is 0. The first-order valence-electron chi connectivity index (χ1n) is 2.35. The van der Waals surface area contributed by atoms with Crippen LogP contribution >= 0.6 is 0 Å². The molecule has 0 saturated carbocycles. The summed E-state index contributed by atoms with van der Waals surface area (Å²) in [5.74, 6) is 0. The van der Waals surface area contributed by atoms with Crippen LogP contribution in [-0.2, 0) is 0 Å². The number of nitrogens with zero attached hydrogens (tertiary/aromatic N) is 1. The average molecular weight is 110 g/mol. The van der Waals surface area contributed by atoms with Crippen LogP contribution in [0.1, 0.15) is 5.56 Å². The zero-order chi connectivity index (χ0) is 6.41. The number of nitrogens with one attached hydrogen (secondary N) is 1. The van der Waals surface area contributed by atoms with Crippen molar-refractivity contribution in [2.75, 3.05) is 0 Å². The van der Waals surface area contributed by atoms with E-state index in [1.807, 2.05) is 13.1 Å². The minimum atomic E-state index is 1.18. The Bertz CT molecular complexity index is 121. The number of aromatic amines is 1. The van der Waals surface area contributed by atoms with E-state index in [9.17, 15) is 0 Å². The van der Waals surface area contributed by atoms with Gasteiger partial charge >= 0.3 is 0 Å². The van der Waals surface area contributed by atoms with Gasteiger partial charge in [0, 0.05) is 6.20 Å². The van der Waals surface area contributed by atoms with Crippen molar-refractivity contribution >= 4 is 0 Å². The lowest BCUT2D eigenvalue weighted by Gasteiger charge is -1.62. The van der Waals surface area contributed by atoms with Gasteiger partial charge in [-0.15, -0.1) is 13.2 Å². The monoisotopic (exact) mass is 110 g/mol. The fourth-order valence-electron chi connectivity index (χ4n) is 0.315. The SMILES string of the molecule is C=C.Cc1cn[nH]c1. The van der Waals surface area contributed by atoms with Gasteiger partial charge in [-0.1, -0.05) is 0 Å². The van der Waals surface area contributed by atoms with Gasteiger partial charge < -0.3 is 0 Å². The van der Waals surface area contributed by atoms with Crippen LogP contribution in [0.4, 0.5) is 0 Å². The van der Waals surface area contributed by atoms with Crippen molar-refractivity contribution in [2.24, 2.45) is 0 Å². The molecule has 0 spiro atoms. The van der Waals surface area contributed by atoms with Gasteiger partial charge in [0.2, 0.25) is 0 Å². The van der Waals surface area contributed by atoms with Crippen molar-refractivity contribution in [3.8, 4) is 0 Å². The zero-order valence-electron chi connectivity index (χ0n) is 5.02. The fourth-order valence-corrected chi connectivity index (χ4v) is 0.315. The van der Waals surface area contributed by atoms with Crippen LogP contribution in [0.5, 0.6) is 0 Å². The van der Waals surface area contributed by atoms with E-state index in [0.717, 1.165) is 0 Å². The molecular weight excluding hydrogens is 100 g/mol. The van der Waals surface area contributed by atoms with E-state index >= 15 is 0 Å². The maximum absolute atomic E-state index is 3.70. The van der Waals surface area contributed by atoms with E-state index in [0.29, 0.717) is 0 Å². The molecule has 0 atom stereocenters. The standard InChI is InChI=1S/C4H6N2.C2H4/c1-4-2-5-6-3-4;1-2/h2-3H,1H3,(H,5,6);1-2H2. The summed E-state index contributed by atoms with van der Waals surface area (Å²) >= 11 is 0. The molecule has 0 radical (unpaired) electrons. The lowest BCUT2D eigenvalue weighted by molar-refractivity contribution is 1.09. The molecule has 1 heterocycles. The molecule has 1 aromatic heterocycles. The first-order valence-corrected chi connectivity index (χ1v) is 2.35. The van der Waals surface area contributed by atoms with Gasteiger partial charge in [0.05, 0.1) is 6.20 Å². The van der Waals surface area contributed by atoms with E-state index in [-0.39, 0.29) is 0 Å². The predicted molar refractivity (Wildman–Crippen MR) is 34.6 cm³/mol. The number of aromatic nitrogens is 2. The predicted octanol–water partition coefficient (Wildman–Crippen LogP) is 1.52. The summed E-state index contributed by atoms with van der Waals surface area (Å²) in [6.07, 6.45) is 3.62. The normalized spacial score (nSPS) is 7.12. The third kappa shape index (κ3) is 2.18. The molecule has 0 fully saturated rings. The number of aryl methyl sites for hydroxylation is 1. The van der Waals surface area contributed by atoms with Crippen LogP contribution in [-0.4, -0.2) is 10.2 Å². The number of H-pyrrole nitrogens is 1. The molecule has 1 N–H and O–H groups in total. The van der Waals surface area contributed by atoms with Crippen molar-refractivity contribution in [3.63, 3.8) is 0 Å². The smallest absolute Gasteiger partial charge is 0.0516 e. The third-order valence-electron chi connectivity index (χ3n) is 0.635. The maximum Gasteiger partial charge on any atom is 0.0516 e. The van der Waals surface area contributed by atoms with Gasteiger partial charge in [-0.3, -0.25) is 5.10 Å². The lowest BCUT2D eigenvalue weighted by Crippen LogP contribution is -1.53. The molecule has 8 heavy (non-hydrogen) atoms. The molecule has 0 bridgehead atoms. The van der Waals surface area contributed by atoms with E-state index in [1.165, 1.54) is 5.56 Å². The molecule has 0 saturated heterocycles. The van der Waals surface area contributed by atoms with Crippen LogP contribution < -0.4 is 0 Å². The fraction of sp³-hybridized carbons (Fsp3) is 0.167. The Morgan fingerprint density at radius 3 is 2.38 bits per heavy atom. The minimum Gasteiger partial charge on any atom is -0.285 e. The molecule has 0 aliphatic heterocycles. The molecule has 0 aliphatic rings. The number of rotatable bonds is 0. The van der Waals surface area contributed by atoms with E-state index in [1.54, 1.807) is 6.20 Å². The quantitative estimate of drug-likeness (QED) is 0.504. The highest BCUT2D eigenvalue weighted by Gasteiger charge is 1.74. The highest BCUT2D eigenvalue weighted by atomic mass is 15.1. The topological polar surface area (TPSA) is 28.7 Å².